The molecule has 1 N–H and O–H groups in total. The number of benzene rings is 1. The predicted molar refractivity (Wildman–Crippen MR) is 80.3 cm³/mol. The van der Waals surface area contributed by atoms with Gasteiger partial charge in [0.1, 0.15) is 6.61 Å². The zero-order valence-corrected chi connectivity index (χ0v) is 12.5. The maximum absolute atomic E-state index is 8.68. The van der Waals surface area contributed by atoms with Crippen LogP contribution in [0.3, 0.4) is 0 Å². The summed E-state index contributed by atoms with van der Waals surface area (Å²) in [4.78, 5) is 2.43. The van der Waals surface area contributed by atoms with Crippen LogP contribution in [0.1, 0.15) is 31.9 Å². The van der Waals surface area contributed by atoms with Crippen molar-refractivity contribution in [1.29, 1.82) is 0 Å². The van der Waals surface area contributed by atoms with Gasteiger partial charge >= 0.3 is 0 Å². The van der Waals surface area contributed by atoms with E-state index in [2.05, 4.69) is 49.6 Å². The van der Waals surface area contributed by atoms with Crippen LogP contribution in [-0.4, -0.2) is 41.4 Å². The Morgan fingerprint density at radius 1 is 1.35 bits per heavy atom. The first kappa shape index (κ1) is 15.1. The molecular formula is C17H23NO2. The Balaban J connectivity index is 1.99. The van der Waals surface area contributed by atoms with Crippen molar-refractivity contribution >= 4 is 0 Å². The summed E-state index contributed by atoms with van der Waals surface area (Å²) in [6.45, 7) is 9.17. The number of aliphatic hydroxyl groups excluding tert-OH is 1. The van der Waals surface area contributed by atoms with Gasteiger partial charge in [-0.05, 0) is 38.5 Å². The van der Waals surface area contributed by atoms with E-state index in [1.165, 1.54) is 5.56 Å². The summed E-state index contributed by atoms with van der Waals surface area (Å²) < 4.78 is 5.92. The highest BCUT2D eigenvalue weighted by Crippen LogP contribution is 2.22. The first-order chi connectivity index (χ1) is 9.48. The van der Waals surface area contributed by atoms with E-state index in [4.69, 9.17) is 9.84 Å². The van der Waals surface area contributed by atoms with Gasteiger partial charge in [0.15, 0.2) is 0 Å². The second kappa shape index (κ2) is 6.41. The molecule has 3 nitrogen and oxygen atoms in total. The van der Waals surface area contributed by atoms with Crippen LogP contribution in [0.15, 0.2) is 24.3 Å². The fraction of sp³-hybridized carbons (Fsp3) is 0.529. The van der Waals surface area contributed by atoms with E-state index >= 15 is 0 Å². The molecule has 1 aromatic carbocycles. The maximum Gasteiger partial charge on any atom is 0.104 e. The zero-order valence-electron chi connectivity index (χ0n) is 12.5. The van der Waals surface area contributed by atoms with Crippen molar-refractivity contribution in [2.45, 2.75) is 39.0 Å². The number of morpholine rings is 1. The summed E-state index contributed by atoms with van der Waals surface area (Å²) in [5.74, 6) is 5.57. The largest absolute Gasteiger partial charge is 0.384 e. The molecule has 0 saturated carbocycles. The number of hydrogen-bond donors (Lipinski definition) is 1. The fourth-order valence-corrected chi connectivity index (χ4v) is 2.80. The van der Waals surface area contributed by atoms with Gasteiger partial charge in [-0.3, -0.25) is 4.90 Å². The molecule has 1 heterocycles. The van der Waals surface area contributed by atoms with Gasteiger partial charge in [0, 0.05) is 25.2 Å². The highest BCUT2D eigenvalue weighted by atomic mass is 16.5. The topological polar surface area (TPSA) is 32.7 Å². The molecule has 0 amide bonds. The van der Waals surface area contributed by atoms with Crippen molar-refractivity contribution in [1.82, 2.24) is 4.90 Å². The molecule has 0 aliphatic carbocycles. The number of aliphatic hydroxyl groups is 1. The minimum atomic E-state index is -0.0947. The molecule has 20 heavy (non-hydrogen) atoms. The Bertz CT molecular complexity index is 496. The van der Waals surface area contributed by atoms with E-state index in [-0.39, 0.29) is 18.3 Å². The molecule has 0 spiro atoms. The molecule has 1 aromatic rings. The molecule has 0 aromatic heterocycles. The molecule has 1 unspecified atom stereocenters. The first-order valence-electron chi connectivity index (χ1n) is 7.07. The van der Waals surface area contributed by atoms with Crippen LogP contribution < -0.4 is 0 Å². The lowest BCUT2D eigenvalue weighted by Crippen LogP contribution is -2.51. The van der Waals surface area contributed by atoms with Gasteiger partial charge in [0.25, 0.3) is 0 Å². The minimum Gasteiger partial charge on any atom is -0.384 e. The third-order valence-electron chi connectivity index (χ3n) is 3.31. The Kier molecular flexibility index (Phi) is 4.82. The van der Waals surface area contributed by atoms with Gasteiger partial charge in [-0.25, -0.2) is 0 Å². The van der Waals surface area contributed by atoms with Crippen LogP contribution in [0.5, 0.6) is 0 Å². The number of hydrogen-bond acceptors (Lipinski definition) is 3. The standard InChI is InChI=1S/C17H23NO2/c1-14-11-18(13-17(2,3)20-14)12-16-8-6-15(7-9-16)5-4-10-19/h6-9,14,19H,10-13H2,1-3H3. The predicted octanol–water partition coefficient (Wildman–Crippen LogP) is 2.03. The summed E-state index contributed by atoms with van der Waals surface area (Å²) >= 11 is 0. The molecule has 108 valence electrons. The Labute approximate surface area is 121 Å². The third kappa shape index (κ3) is 4.35. The van der Waals surface area contributed by atoms with E-state index in [0.717, 1.165) is 25.2 Å². The SMILES string of the molecule is CC1CN(Cc2ccc(C#CCO)cc2)CC(C)(C)O1. The van der Waals surface area contributed by atoms with Gasteiger partial charge < -0.3 is 9.84 Å². The number of ether oxygens (including phenoxy) is 1. The van der Waals surface area contributed by atoms with Gasteiger partial charge in [0.2, 0.25) is 0 Å². The molecule has 3 heteroatoms. The molecule has 1 atom stereocenters. The van der Waals surface area contributed by atoms with Crippen LogP contribution in [0.25, 0.3) is 0 Å². The van der Waals surface area contributed by atoms with Crippen LogP contribution >= 0.6 is 0 Å². The minimum absolute atomic E-state index is 0.0792. The van der Waals surface area contributed by atoms with Gasteiger partial charge in [0.05, 0.1) is 11.7 Å². The molecule has 1 aliphatic heterocycles. The smallest absolute Gasteiger partial charge is 0.104 e. The number of rotatable bonds is 2. The van der Waals surface area contributed by atoms with Crippen LogP contribution in [0, 0.1) is 11.8 Å². The molecule has 1 aliphatic rings. The van der Waals surface area contributed by atoms with E-state index in [0.29, 0.717) is 0 Å². The van der Waals surface area contributed by atoms with Crippen molar-refractivity contribution in [2.24, 2.45) is 0 Å². The lowest BCUT2D eigenvalue weighted by molar-refractivity contribution is -0.130. The summed E-state index contributed by atoms with van der Waals surface area (Å²) in [7, 11) is 0. The fourth-order valence-electron chi connectivity index (χ4n) is 2.80. The van der Waals surface area contributed by atoms with E-state index in [1.807, 2.05) is 12.1 Å². The van der Waals surface area contributed by atoms with E-state index in [1.54, 1.807) is 0 Å². The summed E-state index contributed by atoms with van der Waals surface area (Å²) in [5, 5.41) is 8.68. The summed E-state index contributed by atoms with van der Waals surface area (Å²) in [6.07, 6.45) is 0.272. The molecule has 0 bridgehead atoms. The summed E-state index contributed by atoms with van der Waals surface area (Å²) in [6, 6.07) is 8.23. The molecule has 1 saturated heterocycles. The average Bonchev–Trinajstić information content (AvgIpc) is 2.35. The van der Waals surface area contributed by atoms with Crippen molar-refractivity contribution in [3.8, 4) is 11.8 Å². The highest BCUT2D eigenvalue weighted by Gasteiger charge is 2.30. The highest BCUT2D eigenvalue weighted by molar-refractivity contribution is 5.36. The van der Waals surface area contributed by atoms with Crippen LogP contribution in [0.2, 0.25) is 0 Å². The molecular weight excluding hydrogens is 250 g/mol. The molecule has 0 radical (unpaired) electrons. The second-order valence-electron chi connectivity index (χ2n) is 6.01. The van der Waals surface area contributed by atoms with Crippen molar-refractivity contribution in [2.75, 3.05) is 19.7 Å². The lowest BCUT2D eigenvalue weighted by Gasteiger charge is -2.41. The van der Waals surface area contributed by atoms with Gasteiger partial charge in [-0.2, -0.15) is 0 Å². The van der Waals surface area contributed by atoms with Gasteiger partial charge in [-0.15, -0.1) is 0 Å². The molecule has 2 rings (SSSR count). The second-order valence-corrected chi connectivity index (χ2v) is 6.01. The van der Waals surface area contributed by atoms with Gasteiger partial charge in [-0.1, -0.05) is 24.0 Å². The monoisotopic (exact) mass is 273 g/mol. The Hall–Kier alpha value is -1.34. The van der Waals surface area contributed by atoms with Crippen molar-refractivity contribution in [3.05, 3.63) is 35.4 Å². The van der Waals surface area contributed by atoms with E-state index in [9.17, 15) is 0 Å². The maximum atomic E-state index is 8.68. The van der Waals surface area contributed by atoms with Crippen LogP contribution in [0.4, 0.5) is 0 Å². The summed E-state index contributed by atoms with van der Waals surface area (Å²) in [5.41, 5.74) is 2.15. The third-order valence-corrected chi connectivity index (χ3v) is 3.31. The van der Waals surface area contributed by atoms with Crippen LogP contribution in [-0.2, 0) is 11.3 Å². The quantitative estimate of drug-likeness (QED) is 0.837. The normalized spacial score (nSPS) is 22.1. The Morgan fingerprint density at radius 3 is 2.65 bits per heavy atom. The van der Waals surface area contributed by atoms with E-state index < -0.39 is 0 Å². The Morgan fingerprint density at radius 2 is 2.05 bits per heavy atom. The number of nitrogens with zero attached hydrogens (tertiary/aromatic N) is 1. The van der Waals surface area contributed by atoms with Crippen molar-refractivity contribution in [3.63, 3.8) is 0 Å². The zero-order chi connectivity index (χ0) is 14.6. The lowest BCUT2D eigenvalue weighted by atomic mass is 10.0. The molecule has 1 fully saturated rings. The van der Waals surface area contributed by atoms with Crippen molar-refractivity contribution < 1.29 is 9.84 Å². The first-order valence-corrected chi connectivity index (χ1v) is 7.07. The average molecular weight is 273 g/mol.